The van der Waals surface area contributed by atoms with Gasteiger partial charge in [-0.3, -0.25) is 4.68 Å². The highest BCUT2D eigenvalue weighted by Gasteiger charge is 2.38. The van der Waals surface area contributed by atoms with Crippen molar-refractivity contribution in [2.75, 3.05) is 0 Å². The minimum absolute atomic E-state index is 0.608. The Morgan fingerprint density at radius 2 is 2.17 bits per heavy atom. The third-order valence-electron chi connectivity index (χ3n) is 4.23. The summed E-state index contributed by atoms with van der Waals surface area (Å²) in [6, 6.07) is 0. The van der Waals surface area contributed by atoms with Gasteiger partial charge in [0.25, 0.3) is 0 Å². The van der Waals surface area contributed by atoms with Crippen LogP contribution in [0.15, 0.2) is 12.4 Å². The molecule has 0 aliphatic heterocycles. The summed E-state index contributed by atoms with van der Waals surface area (Å²) < 4.78 is 1.76. The van der Waals surface area contributed by atoms with Crippen LogP contribution in [-0.2, 0) is 13.5 Å². The molecule has 1 fully saturated rings. The summed E-state index contributed by atoms with van der Waals surface area (Å²) in [6.45, 7) is 2.21. The van der Waals surface area contributed by atoms with E-state index in [1.165, 1.54) is 0 Å². The van der Waals surface area contributed by atoms with E-state index in [0.717, 1.165) is 37.7 Å². The van der Waals surface area contributed by atoms with Crippen LogP contribution in [0.1, 0.15) is 44.6 Å². The minimum Gasteiger partial charge on any atom is -0.390 e. The number of rotatable bonds is 4. The average molecular weight is 252 g/mol. The number of aliphatic hydroxyl groups excluding tert-OH is 1. The zero-order valence-electron chi connectivity index (χ0n) is 11.3. The van der Waals surface area contributed by atoms with E-state index in [2.05, 4.69) is 12.0 Å². The minimum atomic E-state index is -0.866. The van der Waals surface area contributed by atoms with E-state index in [1.807, 2.05) is 19.4 Å². The molecule has 2 N–H and O–H groups in total. The molecule has 1 saturated carbocycles. The summed E-state index contributed by atoms with van der Waals surface area (Å²) in [7, 11) is 1.88. The second-order valence-corrected chi connectivity index (χ2v) is 5.86. The van der Waals surface area contributed by atoms with Crippen molar-refractivity contribution in [3.8, 4) is 0 Å². The Morgan fingerprint density at radius 3 is 2.72 bits per heavy atom. The fourth-order valence-electron chi connectivity index (χ4n) is 2.77. The second-order valence-electron chi connectivity index (χ2n) is 5.86. The van der Waals surface area contributed by atoms with Gasteiger partial charge in [0, 0.05) is 13.2 Å². The van der Waals surface area contributed by atoms with Crippen LogP contribution in [0.2, 0.25) is 0 Å². The van der Waals surface area contributed by atoms with Gasteiger partial charge < -0.3 is 10.2 Å². The lowest BCUT2D eigenvalue weighted by Crippen LogP contribution is -2.45. The molecule has 4 nitrogen and oxygen atoms in total. The summed E-state index contributed by atoms with van der Waals surface area (Å²) >= 11 is 0. The lowest BCUT2D eigenvalue weighted by atomic mass is 9.75. The molecule has 1 aromatic rings. The van der Waals surface area contributed by atoms with Crippen LogP contribution in [-0.4, -0.2) is 31.7 Å². The molecule has 0 spiro atoms. The predicted octanol–water partition coefficient (Wildman–Crippen LogP) is 1.65. The van der Waals surface area contributed by atoms with Crippen LogP contribution in [0.4, 0.5) is 0 Å². The molecule has 0 aromatic carbocycles. The summed E-state index contributed by atoms with van der Waals surface area (Å²) in [5.41, 5.74) is 0.249. The van der Waals surface area contributed by atoms with Crippen molar-refractivity contribution in [3.05, 3.63) is 18.0 Å². The van der Waals surface area contributed by atoms with Gasteiger partial charge in [-0.05, 0) is 50.0 Å². The van der Waals surface area contributed by atoms with Crippen LogP contribution < -0.4 is 0 Å². The van der Waals surface area contributed by atoms with Crippen molar-refractivity contribution in [3.63, 3.8) is 0 Å². The number of aliphatic hydroxyl groups is 2. The Balaban J connectivity index is 1.85. The van der Waals surface area contributed by atoms with Crippen LogP contribution in [0.25, 0.3) is 0 Å². The van der Waals surface area contributed by atoms with Gasteiger partial charge in [0.15, 0.2) is 0 Å². The third-order valence-corrected chi connectivity index (χ3v) is 4.23. The number of nitrogens with zero attached hydrogens (tertiary/aromatic N) is 2. The summed E-state index contributed by atoms with van der Waals surface area (Å²) in [5.74, 6) is 0.677. The van der Waals surface area contributed by atoms with Gasteiger partial charge in [-0.1, -0.05) is 6.92 Å². The Morgan fingerprint density at radius 1 is 1.50 bits per heavy atom. The largest absolute Gasteiger partial charge is 0.390 e. The summed E-state index contributed by atoms with van der Waals surface area (Å²) in [4.78, 5) is 0. The zero-order chi connectivity index (χ0) is 13.2. The van der Waals surface area contributed by atoms with Gasteiger partial charge in [0.2, 0.25) is 0 Å². The van der Waals surface area contributed by atoms with Crippen LogP contribution >= 0.6 is 0 Å². The average Bonchev–Trinajstić information content (AvgIpc) is 2.76. The van der Waals surface area contributed by atoms with Gasteiger partial charge in [0.05, 0.1) is 17.9 Å². The molecular formula is C14H24N2O2. The highest BCUT2D eigenvalue weighted by atomic mass is 16.3. The Bertz CT molecular complexity index is 381. The van der Waals surface area contributed by atoms with E-state index in [9.17, 15) is 10.2 Å². The van der Waals surface area contributed by atoms with Gasteiger partial charge in [-0.25, -0.2) is 0 Å². The standard InChI is InChI=1S/C14H24N2O2/c1-11-5-7-14(18,8-6-11)13(17)4-3-12-9-15-16(2)10-12/h9-11,13,17-18H,3-8H2,1-2H3. The SMILES string of the molecule is CC1CCC(O)(C(O)CCc2cnn(C)c2)CC1. The zero-order valence-corrected chi connectivity index (χ0v) is 11.3. The highest BCUT2D eigenvalue weighted by molar-refractivity contribution is 5.04. The maximum atomic E-state index is 10.5. The van der Waals surface area contributed by atoms with Crippen LogP contribution in [0.5, 0.6) is 0 Å². The van der Waals surface area contributed by atoms with Gasteiger partial charge in [0.1, 0.15) is 0 Å². The Labute approximate surface area is 109 Å². The van der Waals surface area contributed by atoms with Crippen LogP contribution in [0, 0.1) is 5.92 Å². The van der Waals surface area contributed by atoms with E-state index in [0.29, 0.717) is 12.3 Å². The molecule has 0 bridgehead atoms. The monoisotopic (exact) mass is 252 g/mol. The second kappa shape index (κ2) is 5.41. The van der Waals surface area contributed by atoms with E-state index in [4.69, 9.17) is 0 Å². The van der Waals surface area contributed by atoms with Crippen molar-refractivity contribution < 1.29 is 10.2 Å². The quantitative estimate of drug-likeness (QED) is 0.856. The van der Waals surface area contributed by atoms with Crippen molar-refractivity contribution in [2.24, 2.45) is 13.0 Å². The number of hydrogen-bond donors (Lipinski definition) is 2. The van der Waals surface area contributed by atoms with Crippen molar-refractivity contribution in [1.29, 1.82) is 0 Å². The van der Waals surface area contributed by atoms with Crippen molar-refractivity contribution in [1.82, 2.24) is 9.78 Å². The van der Waals surface area contributed by atoms with Gasteiger partial charge in [-0.15, -0.1) is 0 Å². The smallest absolute Gasteiger partial charge is 0.0905 e. The first kappa shape index (κ1) is 13.6. The molecule has 1 heterocycles. The topological polar surface area (TPSA) is 58.3 Å². The number of hydrogen-bond acceptors (Lipinski definition) is 3. The van der Waals surface area contributed by atoms with E-state index < -0.39 is 11.7 Å². The maximum absolute atomic E-state index is 10.5. The Hall–Kier alpha value is -0.870. The predicted molar refractivity (Wildman–Crippen MR) is 70.1 cm³/mol. The molecule has 18 heavy (non-hydrogen) atoms. The molecule has 1 atom stereocenters. The highest BCUT2D eigenvalue weighted by Crippen LogP contribution is 2.35. The first-order valence-electron chi connectivity index (χ1n) is 6.87. The molecule has 1 aromatic heterocycles. The first-order valence-corrected chi connectivity index (χ1v) is 6.87. The number of aryl methyl sites for hydroxylation is 2. The molecule has 2 rings (SSSR count). The van der Waals surface area contributed by atoms with Gasteiger partial charge >= 0.3 is 0 Å². The molecular weight excluding hydrogens is 228 g/mol. The molecule has 0 amide bonds. The lowest BCUT2D eigenvalue weighted by molar-refractivity contribution is -0.105. The first-order chi connectivity index (χ1) is 8.49. The Kier molecular flexibility index (Phi) is 4.07. The third kappa shape index (κ3) is 3.12. The fourth-order valence-corrected chi connectivity index (χ4v) is 2.77. The molecule has 1 aliphatic rings. The van der Waals surface area contributed by atoms with E-state index in [-0.39, 0.29) is 0 Å². The van der Waals surface area contributed by atoms with Crippen molar-refractivity contribution in [2.45, 2.75) is 57.2 Å². The molecule has 1 unspecified atom stereocenters. The normalized spacial score (nSPS) is 30.3. The molecule has 4 heteroatoms. The molecule has 1 aliphatic carbocycles. The van der Waals surface area contributed by atoms with Crippen molar-refractivity contribution >= 4 is 0 Å². The fraction of sp³-hybridized carbons (Fsp3) is 0.786. The molecule has 0 radical (unpaired) electrons. The maximum Gasteiger partial charge on any atom is 0.0905 e. The summed E-state index contributed by atoms with van der Waals surface area (Å²) in [5, 5.41) is 24.8. The number of aromatic nitrogens is 2. The van der Waals surface area contributed by atoms with Gasteiger partial charge in [-0.2, -0.15) is 5.10 Å². The van der Waals surface area contributed by atoms with Crippen LogP contribution in [0.3, 0.4) is 0 Å². The molecule has 102 valence electrons. The molecule has 0 saturated heterocycles. The lowest BCUT2D eigenvalue weighted by Gasteiger charge is -2.38. The van der Waals surface area contributed by atoms with E-state index in [1.54, 1.807) is 4.68 Å². The summed E-state index contributed by atoms with van der Waals surface area (Å²) in [6.07, 6.45) is 8.01. The van der Waals surface area contributed by atoms with E-state index >= 15 is 0 Å².